The van der Waals surface area contributed by atoms with Crippen molar-refractivity contribution in [2.45, 2.75) is 19.4 Å². The van der Waals surface area contributed by atoms with E-state index in [9.17, 15) is 14.5 Å². The molecule has 6 nitrogen and oxygen atoms in total. The Morgan fingerprint density at radius 1 is 1.19 bits per heavy atom. The first-order valence-electron chi connectivity index (χ1n) is 9.06. The molecule has 0 atom stereocenters. The van der Waals surface area contributed by atoms with E-state index in [2.05, 4.69) is 4.90 Å². The van der Waals surface area contributed by atoms with Crippen LogP contribution in [0.25, 0.3) is 0 Å². The second-order valence-corrected chi connectivity index (χ2v) is 6.53. The number of benzene rings is 2. The molecule has 0 spiro atoms. The summed E-state index contributed by atoms with van der Waals surface area (Å²) in [5.74, 6) is 0.289. The standard InChI is InChI=1S/C20H23FN2O4/c21-18-5-1-3-16(13-18)15-27-20-7-6-19(23(24)25)14-17(20)4-2-8-22-9-11-26-12-10-22/h1,3,5-7,13-14H,2,4,8-12,15H2. The van der Waals surface area contributed by atoms with Crippen molar-refractivity contribution in [2.75, 3.05) is 32.8 Å². The number of aryl methyl sites for hydroxylation is 1. The van der Waals surface area contributed by atoms with Gasteiger partial charge in [-0.1, -0.05) is 12.1 Å². The first kappa shape index (κ1) is 19.3. The smallest absolute Gasteiger partial charge is 0.269 e. The van der Waals surface area contributed by atoms with Gasteiger partial charge < -0.3 is 9.47 Å². The van der Waals surface area contributed by atoms with Crippen LogP contribution in [0.3, 0.4) is 0 Å². The number of hydrogen-bond donors (Lipinski definition) is 0. The van der Waals surface area contributed by atoms with E-state index in [1.807, 2.05) is 0 Å². The van der Waals surface area contributed by atoms with Crippen LogP contribution in [0.4, 0.5) is 10.1 Å². The van der Waals surface area contributed by atoms with Crippen LogP contribution in [0.2, 0.25) is 0 Å². The van der Waals surface area contributed by atoms with E-state index in [4.69, 9.17) is 9.47 Å². The Labute approximate surface area is 157 Å². The summed E-state index contributed by atoms with van der Waals surface area (Å²) in [5.41, 5.74) is 1.57. The SMILES string of the molecule is O=[N+]([O-])c1ccc(OCc2cccc(F)c2)c(CCCN2CCOCC2)c1. The lowest BCUT2D eigenvalue weighted by Gasteiger charge is -2.26. The van der Waals surface area contributed by atoms with Crippen LogP contribution in [-0.4, -0.2) is 42.7 Å². The van der Waals surface area contributed by atoms with Crippen molar-refractivity contribution < 1.29 is 18.8 Å². The fourth-order valence-electron chi connectivity index (χ4n) is 3.12. The Hall–Kier alpha value is -2.51. The fraction of sp³-hybridized carbons (Fsp3) is 0.400. The minimum atomic E-state index is -0.401. The van der Waals surface area contributed by atoms with E-state index in [1.54, 1.807) is 24.3 Å². The van der Waals surface area contributed by atoms with Gasteiger partial charge in [-0.2, -0.15) is 0 Å². The van der Waals surface area contributed by atoms with Gasteiger partial charge in [-0.25, -0.2) is 4.39 Å². The predicted octanol–water partition coefficient (Wildman–Crippen LogP) is 3.58. The van der Waals surface area contributed by atoms with E-state index < -0.39 is 4.92 Å². The summed E-state index contributed by atoms with van der Waals surface area (Å²) in [6.07, 6.45) is 1.55. The molecule has 1 aliphatic heterocycles. The highest BCUT2D eigenvalue weighted by atomic mass is 19.1. The van der Waals surface area contributed by atoms with Crippen molar-refractivity contribution in [1.29, 1.82) is 0 Å². The molecule has 0 aliphatic carbocycles. The van der Waals surface area contributed by atoms with Gasteiger partial charge in [-0.15, -0.1) is 0 Å². The molecule has 27 heavy (non-hydrogen) atoms. The quantitative estimate of drug-likeness (QED) is 0.522. The molecule has 1 heterocycles. The van der Waals surface area contributed by atoms with Gasteiger partial charge in [0.2, 0.25) is 0 Å². The van der Waals surface area contributed by atoms with E-state index in [0.717, 1.165) is 44.8 Å². The zero-order valence-electron chi connectivity index (χ0n) is 15.1. The Bertz CT molecular complexity index is 778. The van der Waals surface area contributed by atoms with Gasteiger partial charge in [0.05, 0.1) is 18.1 Å². The number of rotatable bonds is 8. The highest BCUT2D eigenvalue weighted by Crippen LogP contribution is 2.26. The molecule has 0 radical (unpaired) electrons. The normalized spacial score (nSPS) is 14.9. The molecule has 2 aromatic rings. The predicted molar refractivity (Wildman–Crippen MR) is 99.4 cm³/mol. The van der Waals surface area contributed by atoms with Gasteiger partial charge in [0.15, 0.2) is 0 Å². The first-order chi connectivity index (χ1) is 13.1. The first-order valence-corrected chi connectivity index (χ1v) is 9.06. The zero-order valence-corrected chi connectivity index (χ0v) is 15.1. The van der Waals surface area contributed by atoms with Gasteiger partial charge >= 0.3 is 0 Å². The van der Waals surface area contributed by atoms with Gasteiger partial charge in [-0.05, 0) is 43.1 Å². The third-order valence-corrected chi connectivity index (χ3v) is 4.56. The van der Waals surface area contributed by atoms with Crippen LogP contribution in [0.1, 0.15) is 17.5 Å². The number of nitrogens with zero attached hydrogens (tertiary/aromatic N) is 2. The number of non-ortho nitro benzene ring substituents is 1. The van der Waals surface area contributed by atoms with Crippen LogP contribution >= 0.6 is 0 Å². The molecular formula is C20H23FN2O4. The van der Waals surface area contributed by atoms with E-state index in [-0.39, 0.29) is 18.1 Å². The summed E-state index contributed by atoms with van der Waals surface area (Å²) < 4.78 is 24.5. The van der Waals surface area contributed by atoms with Gasteiger partial charge in [0.1, 0.15) is 18.2 Å². The number of hydrogen-bond acceptors (Lipinski definition) is 5. The van der Waals surface area contributed by atoms with Crippen LogP contribution < -0.4 is 4.74 Å². The molecule has 1 saturated heterocycles. The number of ether oxygens (including phenoxy) is 2. The Balaban J connectivity index is 1.65. The van der Waals surface area contributed by atoms with Crippen molar-refractivity contribution in [3.8, 4) is 5.75 Å². The summed E-state index contributed by atoms with van der Waals surface area (Å²) >= 11 is 0. The summed E-state index contributed by atoms with van der Waals surface area (Å²) in [5, 5.41) is 11.1. The molecule has 2 aromatic carbocycles. The Morgan fingerprint density at radius 3 is 2.74 bits per heavy atom. The summed E-state index contributed by atoms with van der Waals surface area (Å²) in [6, 6.07) is 10.9. The second kappa shape index (κ2) is 9.43. The Kier molecular flexibility index (Phi) is 6.73. The molecule has 0 saturated carbocycles. The molecule has 144 valence electrons. The highest BCUT2D eigenvalue weighted by Gasteiger charge is 2.14. The lowest BCUT2D eigenvalue weighted by atomic mass is 10.1. The molecule has 0 amide bonds. The van der Waals surface area contributed by atoms with Crippen molar-refractivity contribution in [3.63, 3.8) is 0 Å². The van der Waals surface area contributed by atoms with Crippen molar-refractivity contribution >= 4 is 5.69 Å². The minimum Gasteiger partial charge on any atom is -0.489 e. The maximum atomic E-state index is 13.3. The van der Waals surface area contributed by atoms with Gasteiger partial charge in [-0.3, -0.25) is 15.0 Å². The van der Waals surface area contributed by atoms with E-state index in [0.29, 0.717) is 17.7 Å². The molecule has 1 aliphatic rings. The zero-order chi connectivity index (χ0) is 19.1. The summed E-state index contributed by atoms with van der Waals surface area (Å²) in [6.45, 7) is 4.45. The summed E-state index contributed by atoms with van der Waals surface area (Å²) in [4.78, 5) is 13.0. The molecule has 1 fully saturated rings. The lowest BCUT2D eigenvalue weighted by molar-refractivity contribution is -0.384. The molecule has 3 rings (SSSR count). The molecule has 0 aromatic heterocycles. The van der Waals surface area contributed by atoms with Crippen molar-refractivity contribution in [2.24, 2.45) is 0 Å². The number of halogens is 1. The van der Waals surface area contributed by atoms with E-state index in [1.165, 1.54) is 18.2 Å². The van der Waals surface area contributed by atoms with Crippen LogP contribution in [0.5, 0.6) is 5.75 Å². The average molecular weight is 374 g/mol. The maximum Gasteiger partial charge on any atom is 0.269 e. The molecule has 0 N–H and O–H groups in total. The van der Waals surface area contributed by atoms with Crippen molar-refractivity contribution in [1.82, 2.24) is 4.90 Å². The fourth-order valence-corrected chi connectivity index (χ4v) is 3.12. The van der Waals surface area contributed by atoms with E-state index >= 15 is 0 Å². The maximum absolute atomic E-state index is 13.3. The van der Waals surface area contributed by atoms with Gasteiger partial charge in [0.25, 0.3) is 5.69 Å². The molecular weight excluding hydrogens is 351 g/mol. The van der Waals surface area contributed by atoms with Crippen molar-refractivity contribution in [3.05, 3.63) is 69.5 Å². The third kappa shape index (κ3) is 5.74. The minimum absolute atomic E-state index is 0.0504. The largest absolute Gasteiger partial charge is 0.489 e. The highest BCUT2D eigenvalue weighted by molar-refractivity contribution is 5.44. The number of nitro benzene ring substituents is 1. The van der Waals surface area contributed by atoms with Crippen LogP contribution in [0, 0.1) is 15.9 Å². The average Bonchev–Trinajstić information content (AvgIpc) is 2.67. The number of nitro groups is 1. The summed E-state index contributed by atoms with van der Waals surface area (Å²) in [7, 11) is 0. The Morgan fingerprint density at radius 2 is 2.00 bits per heavy atom. The third-order valence-electron chi connectivity index (χ3n) is 4.56. The topological polar surface area (TPSA) is 64.8 Å². The molecule has 0 bridgehead atoms. The monoisotopic (exact) mass is 374 g/mol. The van der Waals surface area contributed by atoms with Gasteiger partial charge in [0, 0.05) is 30.8 Å². The lowest BCUT2D eigenvalue weighted by Crippen LogP contribution is -2.36. The second-order valence-electron chi connectivity index (χ2n) is 6.53. The van der Waals surface area contributed by atoms with Crippen LogP contribution in [0.15, 0.2) is 42.5 Å². The molecule has 0 unspecified atom stereocenters. The molecule has 7 heteroatoms. The number of morpholine rings is 1. The van der Waals surface area contributed by atoms with Crippen LogP contribution in [-0.2, 0) is 17.8 Å².